The van der Waals surface area contributed by atoms with Crippen LogP contribution in [0, 0.1) is 5.82 Å². The minimum Gasteiger partial charge on any atom is -0.327 e. The SMILES string of the molecule is C[C@]1(c2cccc(F)c2)C[C@@H]1N. The first kappa shape index (κ1) is 7.74. The fraction of sp³-hybridized carbons (Fsp3) is 0.400. The maximum atomic E-state index is 12.8. The molecule has 1 aromatic carbocycles. The lowest BCUT2D eigenvalue weighted by Gasteiger charge is -2.09. The van der Waals surface area contributed by atoms with E-state index in [2.05, 4.69) is 6.92 Å². The van der Waals surface area contributed by atoms with Crippen molar-refractivity contribution in [3.05, 3.63) is 35.6 Å². The van der Waals surface area contributed by atoms with Gasteiger partial charge in [-0.2, -0.15) is 0 Å². The van der Waals surface area contributed by atoms with Crippen LogP contribution in [0.25, 0.3) is 0 Å². The maximum Gasteiger partial charge on any atom is 0.123 e. The molecule has 0 aromatic heterocycles. The first-order valence-corrected chi connectivity index (χ1v) is 4.14. The zero-order valence-electron chi connectivity index (χ0n) is 7.05. The Hall–Kier alpha value is -0.890. The van der Waals surface area contributed by atoms with Gasteiger partial charge in [-0.25, -0.2) is 4.39 Å². The first-order chi connectivity index (χ1) is 5.63. The van der Waals surface area contributed by atoms with E-state index in [1.54, 1.807) is 12.1 Å². The molecule has 0 aliphatic heterocycles. The van der Waals surface area contributed by atoms with Crippen LogP contribution in [0.2, 0.25) is 0 Å². The van der Waals surface area contributed by atoms with Gasteiger partial charge in [0.1, 0.15) is 5.82 Å². The van der Waals surface area contributed by atoms with Gasteiger partial charge in [-0.05, 0) is 24.1 Å². The van der Waals surface area contributed by atoms with E-state index in [0.29, 0.717) is 0 Å². The first-order valence-electron chi connectivity index (χ1n) is 4.14. The van der Waals surface area contributed by atoms with Crippen molar-refractivity contribution in [3.8, 4) is 0 Å². The normalized spacial score (nSPS) is 33.4. The van der Waals surface area contributed by atoms with Crippen LogP contribution in [0.15, 0.2) is 24.3 Å². The van der Waals surface area contributed by atoms with Crippen LogP contribution >= 0.6 is 0 Å². The molecular formula is C10H12FN. The third-order valence-electron chi connectivity index (χ3n) is 2.79. The second kappa shape index (κ2) is 2.30. The second-order valence-electron chi connectivity index (χ2n) is 3.74. The van der Waals surface area contributed by atoms with Crippen LogP contribution in [0.3, 0.4) is 0 Å². The highest BCUT2D eigenvalue weighted by Crippen LogP contribution is 2.46. The monoisotopic (exact) mass is 165 g/mol. The van der Waals surface area contributed by atoms with Crippen molar-refractivity contribution < 1.29 is 4.39 Å². The molecule has 0 unspecified atom stereocenters. The zero-order valence-corrected chi connectivity index (χ0v) is 7.05. The smallest absolute Gasteiger partial charge is 0.123 e. The Morgan fingerprint density at radius 1 is 1.58 bits per heavy atom. The molecule has 1 aliphatic rings. The van der Waals surface area contributed by atoms with E-state index in [1.165, 1.54) is 6.07 Å². The summed E-state index contributed by atoms with van der Waals surface area (Å²) in [6, 6.07) is 6.92. The lowest BCUT2D eigenvalue weighted by molar-refractivity contribution is 0.619. The molecule has 0 saturated heterocycles. The lowest BCUT2D eigenvalue weighted by atomic mass is 9.97. The molecule has 2 heteroatoms. The molecule has 0 bridgehead atoms. The van der Waals surface area contributed by atoms with E-state index in [9.17, 15) is 4.39 Å². The number of rotatable bonds is 1. The standard InChI is InChI=1S/C10H12FN/c1-10(6-9(10)12)7-3-2-4-8(11)5-7/h2-5,9H,6,12H2,1H3/t9-,10+/m0/s1. The Labute approximate surface area is 71.4 Å². The van der Waals surface area contributed by atoms with E-state index in [0.717, 1.165) is 12.0 Å². The highest BCUT2D eigenvalue weighted by Gasteiger charge is 2.48. The minimum atomic E-state index is -0.173. The van der Waals surface area contributed by atoms with E-state index in [4.69, 9.17) is 5.73 Å². The van der Waals surface area contributed by atoms with Crippen LogP contribution in [0.5, 0.6) is 0 Å². The van der Waals surface area contributed by atoms with Gasteiger partial charge in [0.25, 0.3) is 0 Å². The molecule has 0 amide bonds. The molecule has 1 fully saturated rings. The molecule has 2 atom stereocenters. The van der Waals surface area contributed by atoms with E-state index in [1.807, 2.05) is 6.07 Å². The lowest BCUT2D eigenvalue weighted by Crippen LogP contribution is -2.14. The molecule has 1 saturated carbocycles. The third-order valence-corrected chi connectivity index (χ3v) is 2.79. The fourth-order valence-electron chi connectivity index (χ4n) is 1.57. The Balaban J connectivity index is 2.36. The van der Waals surface area contributed by atoms with Gasteiger partial charge in [-0.15, -0.1) is 0 Å². The molecule has 0 radical (unpaired) electrons. The summed E-state index contributed by atoms with van der Waals surface area (Å²) >= 11 is 0. The van der Waals surface area contributed by atoms with Crippen LogP contribution in [-0.4, -0.2) is 6.04 Å². The van der Waals surface area contributed by atoms with Gasteiger partial charge in [-0.3, -0.25) is 0 Å². The average molecular weight is 165 g/mol. The topological polar surface area (TPSA) is 26.0 Å². The van der Waals surface area contributed by atoms with Crippen LogP contribution in [0.1, 0.15) is 18.9 Å². The number of benzene rings is 1. The van der Waals surface area contributed by atoms with Crippen molar-refractivity contribution >= 4 is 0 Å². The van der Waals surface area contributed by atoms with Crippen molar-refractivity contribution in [2.45, 2.75) is 24.8 Å². The summed E-state index contributed by atoms with van der Waals surface area (Å²) in [5.74, 6) is -0.173. The summed E-state index contributed by atoms with van der Waals surface area (Å²) in [7, 11) is 0. The summed E-state index contributed by atoms with van der Waals surface area (Å²) in [5, 5.41) is 0. The van der Waals surface area contributed by atoms with Crippen molar-refractivity contribution in [1.29, 1.82) is 0 Å². The molecule has 0 heterocycles. The summed E-state index contributed by atoms with van der Waals surface area (Å²) < 4.78 is 12.8. The summed E-state index contributed by atoms with van der Waals surface area (Å²) in [6.07, 6.45) is 0.969. The van der Waals surface area contributed by atoms with Gasteiger partial charge in [0.2, 0.25) is 0 Å². The Morgan fingerprint density at radius 3 is 2.75 bits per heavy atom. The van der Waals surface area contributed by atoms with Gasteiger partial charge < -0.3 is 5.73 Å². The Kier molecular flexibility index (Phi) is 1.48. The Bertz CT molecular complexity index is 310. The Morgan fingerprint density at radius 2 is 2.25 bits per heavy atom. The molecule has 0 spiro atoms. The third kappa shape index (κ3) is 1.03. The predicted octanol–water partition coefficient (Wildman–Crippen LogP) is 1.81. The van der Waals surface area contributed by atoms with Crippen molar-refractivity contribution in [1.82, 2.24) is 0 Å². The van der Waals surface area contributed by atoms with E-state index < -0.39 is 0 Å². The van der Waals surface area contributed by atoms with Gasteiger partial charge in [0.05, 0.1) is 0 Å². The predicted molar refractivity (Wildman–Crippen MR) is 46.3 cm³/mol. The minimum absolute atomic E-state index is 0.0299. The molecule has 1 nitrogen and oxygen atoms in total. The summed E-state index contributed by atoms with van der Waals surface area (Å²) in [5.41, 5.74) is 6.81. The second-order valence-corrected chi connectivity index (χ2v) is 3.74. The van der Waals surface area contributed by atoms with E-state index >= 15 is 0 Å². The number of hydrogen-bond donors (Lipinski definition) is 1. The van der Waals surface area contributed by atoms with Gasteiger partial charge in [-0.1, -0.05) is 19.1 Å². The molecule has 1 aromatic rings. The highest BCUT2D eigenvalue weighted by molar-refractivity contribution is 5.34. The largest absolute Gasteiger partial charge is 0.327 e. The summed E-state index contributed by atoms with van der Waals surface area (Å²) in [4.78, 5) is 0. The van der Waals surface area contributed by atoms with Gasteiger partial charge in [0.15, 0.2) is 0 Å². The van der Waals surface area contributed by atoms with Crippen molar-refractivity contribution in [3.63, 3.8) is 0 Å². The van der Waals surface area contributed by atoms with Crippen molar-refractivity contribution in [2.24, 2.45) is 5.73 Å². The quantitative estimate of drug-likeness (QED) is 0.674. The average Bonchev–Trinajstić information content (AvgIpc) is 2.61. The van der Waals surface area contributed by atoms with Crippen LogP contribution in [0.4, 0.5) is 4.39 Å². The zero-order chi connectivity index (χ0) is 8.77. The highest BCUT2D eigenvalue weighted by atomic mass is 19.1. The van der Waals surface area contributed by atoms with E-state index in [-0.39, 0.29) is 17.3 Å². The number of halogens is 1. The summed E-state index contributed by atoms with van der Waals surface area (Å²) in [6.45, 7) is 2.08. The molecule has 1 aliphatic carbocycles. The number of nitrogens with two attached hydrogens (primary N) is 1. The van der Waals surface area contributed by atoms with Crippen LogP contribution in [-0.2, 0) is 5.41 Å². The molecule has 2 N–H and O–H groups in total. The molecule has 64 valence electrons. The van der Waals surface area contributed by atoms with Crippen LogP contribution < -0.4 is 5.73 Å². The van der Waals surface area contributed by atoms with Gasteiger partial charge >= 0.3 is 0 Å². The van der Waals surface area contributed by atoms with Crippen molar-refractivity contribution in [2.75, 3.05) is 0 Å². The van der Waals surface area contributed by atoms with Gasteiger partial charge in [0, 0.05) is 11.5 Å². The molecule has 12 heavy (non-hydrogen) atoms. The molecular weight excluding hydrogens is 153 g/mol. The fourth-order valence-corrected chi connectivity index (χ4v) is 1.57. The maximum absolute atomic E-state index is 12.8. The molecule has 2 rings (SSSR count). The number of hydrogen-bond acceptors (Lipinski definition) is 1.